The molecule has 0 radical (unpaired) electrons. The van der Waals surface area contributed by atoms with Crippen LogP contribution in [0.2, 0.25) is 0 Å². The lowest BCUT2D eigenvalue weighted by Gasteiger charge is -2.28. The van der Waals surface area contributed by atoms with E-state index in [1.807, 2.05) is 61.5 Å². The highest BCUT2D eigenvalue weighted by molar-refractivity contribution is 5.76. The van der Waals surface area contributed by atoms with Gasteiger partial charge >= 0.3 is 11.9 Å². The molecule has 192 valence electrons. The molecule has 35 heavy (non-hydrogen) atoms. The van der Waals surface area contributed by atoms with Crippen molar-refractivity contribution in [2.45, 2.75) is 43.8 Å². The first-order chi connectivity index (χ1) is 16.7. The van der Waals surface area contributed by atoms with Gasteiger partial charge in [-0.3, -0.25) is 0 Å². The molecule has 0 amide bonds. The summed E-state index contributed by atoms with van der Waals surface area (Å²) in [5.74, 6) is -5.17. The number of alkyl halides is 2. The van der Waals surface area contributed by atoms with Gasteiger partial charge in [0.25, 0.3) is 0 Å². The third-order valence-electron chi connectivity index (χ3n) is 5.47. The van der Waals surface area contributed by atoms with Crippen molar-refractivity contribution in [1.82, 2.24) is 4.90 Å². The number of benzene rings is 2. The Labute approximate surface area is 204 Å². The van der Waals surface area contributed by atoms with Crippen molar-refractivity contribution in [3.05, 3.63) is 59.7 Å². The molecule has 0 spiro atoms. The van der Waals surface area contributed by atoms with E-state index in [0.717, 1.165) is 23.3 Å². The quantitative estimate of drug-likeness (QED) is 0.355. The molecule has 9 heteroatoms. The Hall–Kier alpha value is -3.04. The molecule has 2 aromatic carbocycles. The number of hydrogen-bond acceptors (Lipinski definition) is 6. The van der Waals surface area contributed by atoms with Crippen LogP contribution in [0.3, 0.4) is 0 Å². The van der Waals surface area contributed by atoms with E-state index in [2.05, 4.69) is 0 Å². The van der Waals surface area contributed by atoms with Crippen LogP contribution in [-0.4, -0.2) is 74.7 Å². The number of carboxylic acids is 1. The number of para-hydroxylation sites is 1. The van der Waals surface area contributed by atoms with E-state index < -0.39 is 30.5 Å². The van der Waals surface area contributed by atoms with Crippen LogP contribution in [0.4, 0.5) is 8.78 Å². The summed E-state index contributed by atoms with van der Waals surface area (Å²) in [7, 11) is 5.25. The van der Waals surface area contributed by atoms with Crippen molar-refractivity contribution in [3.63, 3.8) is 0 Å². The number of rotatable bonds is 16. The average Bonchev–Trinajstić information content (AvgIpc) is 2.84. The summed E-state index contributed by atoms with van der Waals surface area (Å²) in [6.07, 6.45) is -1.71. The summed E-state index contributed by atoms with van der Waals surface area (Å²) in [4.78, 5) is 23.8. The first-order valence-electron chi connectivity index (χ1n) is 11.4. The van der Waals surface area contributed by atoms with Crippen molar-refractivity contribution < 1.29 is 37.7 Å². The SMILES string of the molecule is COc1cccc(CCc2ccccc2OCC(CCN(C)C)OC(CC=O)C(F)(F)C(=O)O)c1. The number of aliphatic carboxylic acids is 1. The molecular formula is C26H33F2NO6. The Morgan fingerprint density at radius 1 is 1.14 bits per heavy atom. The standard InChI is InChI=1S/C26H33F2NO6/c1-29(2)15-13-22(35-24(14-16-30)26(27,28)25(31)32)18-34-23-10-5-4-8-20(23)12-11-19-7-6-9-21(17-19)33-3/h4-10,16-17,22,24H,11-15,18H2,1-3H3,(H,31,32). The Morgan fingerprint density at radius 2 is 1.89 bits per heavy atom. The van der Waals surface area contributed by atoms with E-state index in [0.29, 0.717) is 25.1 Å². The van der Waals surface area contributed by atoms with Crippen molar-refractivity contribution in [2.24, 2.45) is 0 Å². The fourth-order valence-electron chi connectivity index (χ4n) is 3.48. The second kappa shape index (κ2) is 13.7. The molecule has 2 aromatic rings. The number of hydrogen-bond donors (Lipinski definition) is 1. The predicted octanol–water partition coefficient (Wildman–Crippen LogP) is 3.87. The number of ether oxygens (including phenoxy) is 3. The van der Waals surface area contributed by atoms with Crippen LogP contribution in [0, 0.1) is 0 Å². The van der Waals surface area contributed by atoms with E-state index in [9.17, 15) is 18.4 Å². The van der Waals surface area contributed by atoms with Gasteiger partial charge in [-0.05, 0) is 62.7 Å². The lowest BCUT2D eigenvalue weighted by atomic mass is 10.0. The Bertz CT molecular complexity index is 953. The van der Waals surface area contributed by atoms with Crippen molar-refractivity contribution in [2.75, 3.05) is 34.4 Å². The number of methoxy groups -OCH3 is 1. The van der Waals surface area contributed by atoms with Gasteiger partial charge in [0.2, 0.25) is 0 Å². The molecule has 2 atom stereocenters. The molecule has 0 fully saturated rings. The summed E-state index contributed by atoms with van der Waals surface area (Å²) in [6.45, 7) is 0.424. The minimum Gasteiger partial charge on any atom is -0.497 e. The topological polar surface area (TPSA) is 85.3 Å². The van der Waals surface area contributed by atoms with Crippen LogP contribution in [0.15, 0.2) is 48.5 Å². The van der Waals surface area contributed by atoms with E-state index >= 15 is 0 Å². The predicted molar refractivity (Wildman–Crippen MR) is 127 cm³/mol. The zero-order valence-corrected chi connectivity index (χ0v) is 20.3. The van der Waals surface area contributed by atoms with Gasteiger partial charge in [-0.25, -0.2) is 4.79 Å². The maximum atomic E-state index is 14.2. The summed E-state index contributed by atoms with van der Waals surface area (Å²) in [5, 5.41) is 8.91. The minimum atomic E-state index is -4.20. The normalized spacial score (nSPS) is 13.3. The fourth-order valence-corrected chi connectivity index (χ4v) is 3.48. The zero-order valence-electron chi connectivity index (χ0n) is 20.3. The summed E-state index contributed by atoms with van der Waals surface area (Å²) in [6, 6.07) is 15.2. The Kier molecular flexibility index (Phi) is 11.1. The smallest absolute Gasteiger partial charge is 0.377 e. The maximum absolute atomic E-state index is 14.2. The second-order valence-corrected chi connectivity index (χ2v) is 8.44. The van der Waals surface area contributed by atoms with Gasteiger partial charge in [-0.2, -0.15) is 8.78 Å². The molecule has 0 aliphatic carbocycles. The van der Waals surface area contributed by atoms with Crippen LogP contribution in [-0.2, 0) is 27.2 Å². The number of halogens is 2. The molecule has 0 aromatic heterocycles. The molecule has 2 rings (SSSR count). The number of carbonyl (C=O) groups excluding carboxylic acids is 1. The number of aryl methyl sites for hydroxylation is 2. The number of carbonyl (C=O) groups is 2. The van der Waals surface area contributed by atoms with Crippen molar-refractivity contribution in [3.8, 4) is 11.5 Å². The maximum Gasteiger partial charge on any atom is 0.377 e. The summed E-state index contributed by atoms with van der Waals surface area (Å²) < 4.78 is 45.0. The number of nitrogens with zero attached hydrogens (tertiary/aromatic N) is 1. The van der Waals surface area contributed by atoms with E-state index in [1.54, 1.807) is 13.2 Å². The summed E-state index contributed by atoms with van der Waals surface area (Å²) in [5.41, 5.74) is 2.03. The highest BCUT2D eigenvalue weighted by Gasteiger charge is 2.49. The van der Waals surface area contributed by atoms with Gasteiger partial charge in [0.15, 0.2) is 0 Å². The third kappa shape index (κ3) is 8.92. The molecule has 0 heterocycles. The van der Waals surface area contributed by atoms with E-state index in [-0.39, 0.29) is 12.9 Å². The molecule has 0 saturated heterocycles. The first-order valence-corrected chi connectivity index (χ1v) is 11.4. The molecule has 0 aliphatic heterocycles. The van der Waals surface area contributed by atoms with E-state index in [1.165, 1.54) is 0 Å². The van der Waals surface area contributed by atoms with Gasteiger partial charge < -0.3 is 29.0 Å². The van der Waals surface area contributed by atoms with Gasteiger partial charge in [-0.15, -0.1) is 0 Å². The highest BCUT2D eigenvalue weighted by Crippen LogP contribution is 2.27. The molecule has 0 aliphatic rings. The van der Waals surface area contributed by atoms with Crippen LogP contribution in [0.5, 0.6) is 11.5 Å². The van der Waals surface area contributed by atoms with Crippen LogP contribution >= 0.6 is 0 Å². The zero-order chi connectivity index (χ0) is 25.8. The van der Waals surface area contributed by atoms with Crippen LogP contribution in [0.25, 0.3) is 0 Å². The Balaban J connectivity index is 2.12. The largest absolute Gasteiger partial charge is 0.497 e. The number of aldehydes is 1. The van der Waals surface area contributed by atoms with Crippen molar-refractivity contribution >= 4 is 12.3 Å². The van der Waals surface area contributed by atoms with Crippen LogP contribution < -0.4 is 9.47 Å². The fraction of sp³-hybridized carbons (Fsp3) is 0.462. The lowest BCUT2D eigenvalue weighted by molar-refractivity contribution is -0.198. The molecule has 1 N–H and O–H groups in total. The van der Waals surface area contributed by atoms with Gasteiger partial charge in [-0.1, -0.05) is 30.3 Å². The molecular weight excluding hydrogens is 460 g/mol. The van der Waals surface area contributed by atoms with Gasteiger partial charge in [0.05, 0.1) is 13.2 Å². The van der Waals surface area contributed by atoms with Crippen LogP contribution in [0.1, 0.15) is 24.0 Å². The monoisotopic (exact) mass is 493 g/mol. The van der Waals surface area contributed by atoms with Gasteiger partial charge in [0.1, 0.15) is 30.5 Å². The van der Waals surface area contributed by atoms with E-state index in [4.69, 9.17) is 19.3 Å². The minimum absolute atomic E-state index is 0.0743. The third-order valence-corrected chi connectivity index (χ3v) is 5.47. The molecule has 2 unspecified atom stereocenters. The first kappa shape index (κ1) is 28.2. The lowest BCUT2D eigenvalue weighted by Crippen LogP contribution is -2.46. The van der Waals surface area contributed by atoms with Crippen molar-refractivity contribution in [1.29, 1.82) is 0 Å². The molecule has 0 bridgehead atoms. The number of carboxylic acid groups (broad SMARTS) is 1. The average molecular weight is 494 g/mol. The molecule has 0 saturated carbocycles. The molecule has 7 nitrogen and oxygen atoms in total. The second-order valence-electron chi connectivity index (χ2n) is 8.44. The van der Waals surface area contributed by atoms with Gasteiger partial charge in [0, 0.05) is 13.0 Å². The highest BCUT2D eigenvalue weighted by atomic mass is 19.3. The summed E-state index contributed by atoms with van der Waals surface area (Å²) >= 11 is 0. The Morgan fingerprint density at radius 3 is 2.54 bits per heavy atom.